The van der Waals surface area contributed by atoms with E-state index in [2.05, 4.69) is 35.4 Å². The topological polar surface area (TPSA) is 24.4 Å². The Balaban J connectivity index is 0.000000442. The van der Waals surface area contributed by atoms with Crippen LogP contribution in [0.4, 0.5) is 11.4 Å². The highest BCUT2D eigenvalue weighted by atomic mass is 14.9. The van der Waals surface area contributed by atoms with Crippen LogP contribution in [-0.2, 0) is 0 Å². The predicted octanol–water partition coefficient (Wildman–Crippen LogP) is 4.18. The minimum atomic E-state index is 0.843. The van der Waals surface area contributed by atoms with Crippen molar-refractivity contribution in [2.24, 2.45) is 4.99 Å². The van der Waals surface area contributed by atoms with Gasteiger partial charge >= 0.3 is 0 Å². The average molecular weight is 206 g/mol. The molecule has 0 atom stereocenters. The van der Waals surface area contributed by atoms with Crippen LogP contribution in [0.3, 0.4) is 0 Å². The summed E-state index contributed by atoms with van der Waals surface area (Å²) < 4.78 is 0. The lowest BCUT2D eigenvalue weighted by molar-refractivity contribution is 1.31. The van der Waals surface area contributed by atoms with Gasteiger partial charge in [0.25, 0.3) is 0 Å². The Hall–Kier alpha value is -1.31. The molecule has 1 aliphatic rings. The van der Waals surface area contributed by atoms with Crippen molar-refractivity contribution in [3.05, 3.63) is 23.8 Å². The van der Waals surface area contributed by atoms with Gasteiger partial charge in [-0.1, -0.05) is 33.8 Å². The zero-order chi connectivity index (χ0) is 11.7. The second-order valence-corrected chi connectivity index (χ2v) is 2.71. The van der Waals surface area contributed by atoms with Crippen molar-refractivity contribution < 1.29 is 0 Å². The molecule has 1 N–H and O–H groups in total. The summed E-state index contributed by atoms with van der Waals surface area (Å²) in [4.78, 5) is 4.27. The molecule has 0 fully saturated rings. The van der Waals surface area contributed by atoms with E-state index in [-0.39, 0.29) is 0 Å². The molecule has 1 aromatic rings. The van der Waals surface area contributed by atoms with Gasteiger partial charge in [0.1, 0.15) is 0 Å². The van der Waals surface area contributed by atoms with Crippen molar-refractivity contribution in [1.29, 1.82) is 0 Å². The van der Waals surface area contributed by atoms with Crippen LogP contribution in [-0.4, -0.2) is 12.8 Å². The van der Waals surface area contributed by atoms with Gasteiger partial charge in [-0.25, -0.2) is 0 Å². The van der Waals surface area contributed by atoms with E-state index in [4.69, 9.17) is 0 Å². The maximum atomic E-state index is 4.27. The molecule has 15 heavy (non-hydrogen) atoms. The highest BCUT2D eigenvalue weighted by Gasteiger charge is 2.02. The first-order valence-corrected chi connectivity index (χ1v) is 5.73. The molecule has 2 nitrogen and oxygen atoms in total. The van der Waals surface area contributed by atoms with E-state index in [1.165, 1.54) is 5.56 Å². The van der Waals surface area contributed by atoms with Gasteiger partial charge in [-0.05, 0) is 24.6 Å². The normalized spacial score (nSPS) is 11.0. The summed E-state index contributed by atoms with van der Waals surface area (Å²) in [5.41, 5.74) is 3.44. The average Bonchev–Trinajstić information content (AvgIpc) is 2.34. The lowest BCUT2D eigenvalue weighted by Gasteiger charge is -2.11. The largest absolute Gasteiger partial charge is 0.378 e. The lowest BCUT2D eigenvalue weighted by atomic mass is 10.2. The number of nitrogens with one attached hydrogen (secondary N) is 1. The number of aliphatic imine (C=N–C) groups is 1. The first-order chi connectivity index (χ1) is 7.36. The zero-order valence-corrected chi connectivity index (χ0v) is 10.5. The van der Waals surface area contributed by atoms with Crippen molar-refractivity contribution in [3.8, 4) is 0 Å². The van der Waals surface area contributed by atoms with Crippen LogP contribution >= 0.6 is 0 Å². The molecule has 0 aromatic heterocycles. The summed E-state index contributed by atoms with van der Waals surface area (Å²) in [5, 5.41) is 3.24. The van der Waals surface area contributed by atoms with Crippen molar-refractivity contribution in [3.63, 3.8) is 0 Å². The molecule has 0 unspecified atom stereocenters. The molecular weight excluding hydrogens is 184 g/mol. The van der Waals surface area contributed by atoms with Crippen LogP contribution < -0.4 is 5.32 Å². The number of hydrogen-bond acceptors (Lipinski definition) is 2. The Morgan fingerprint density at radius 2 is 1.80 bits per heavy atom. The first-order valence-electron chi connectivity index (χ1n) is 5.73. The van der Waals surface area contributed by atoms with E-state index >= 15 is 0 Å². The molecule has 0 aliphatic carbocycles. The molecular formula is C13H22N2. The minimum Gasteiger partial charge on any atom is -0.378 e. The molecule has 0 saturated heterocycles. The molecule has 84 valence electrons. The van der Waals surface area contributed by atoms with E-state index < -0.39 is 0 Å². The number of fused-ring (bicyclic) bond motifs is 1. The Kier molecular flexibility index (Phi) is 7.33. The quantitative estimate of drug-likeness (QED) is 0.676. The zero-order valence-electron chi connectivity index (χ0n) is 10.5. The molecule has 0 bridgehead atoms. The minimum absolute atomic E-state index is 0.843. The molecule has 0 amide bonds. The van der Waals surface area contributed by atoms with E-state index in [0.29, 0.717) is 0 Å². The van der Waals surface area contributed by atoms with Gasteiger partial charge in [0.2, 0.25) is 0 Å². The van der Waals surface area contributed by atoms with E-state index in [1.807, 2.05) is 33.9 Å². The number of anilines is 1. The molecule has 0 spiro atoms. The highest BCUT2D eigenvalue weighted by Crippen LogP contribution is 2.27. The van der Waals surface area contributed by atoms with Crippen LogP contribution in [0.15, 0.2) is 23.2 Å². The van der Waals surface area contributed by atoms with Gasteiger partial charge in [-0.15, -0.1) is 0 Å². The monoisotopic (exact) mass is 206 g/mol. The lowest BCUT2D eigenvalue weighted by Crippen LogP contribution is -2.06. The summed E-state index contributed by atoms with van der Waals surface area (Å²) >= 11 is 0. The number of rotatable bonds is 0. The Bertz CT molecular complexity index is 303. The summed E-state index contributed by atoms with van der Waals surface area (Å²) in [6, 6.07) is 6.24. The molecule has 2 rings (SSSR count). The second-order valence-electron chi connectivity index (χ2n) is 2.71. The van der Waals surface area contributed by atoms with Crippen molar-refractivity contribution in [2.45, 2.75) is 34.6 Å². The molecule has 2 heteroatoms. The van der Waals surface area contributed by atoms with Gasteiger partial charge < -0.3 is 5.32 Å². The maximum absolute atomic E-state index is 4.27. The van der Waals surface area contributed by atoms with Crippen molar-refractivity contribution in [1.82, 2.24) is 0 Å². The van der Waals surface area contributed by atoms with E-state index in [1.54, 1.807) is 0 Å². The standard InChI is InChI=1S/C9H10N2.2C2H6/c1-7-2-3-8-9(6-7)11-5-4-10-8;2*1-2/h2-3,5-6,10H,4H2,1H3;2*1-2H3. The van der Waals surface area contributed by atoms with Crippen LogP contribution in [0.2, 0.25) is 0 Å². The van der Waals surface area contributed by atoms with Gasteiger partial charge in [-0.2, -0.15) is 0 Å². The van der Waals surface area contributed by atoms with Gasteiger partial charge in [0.05, 0.1) is 17.9 Å². The number of aryl methyl sites for hydroxylation is 1. The Labute approximate surface area is 93.4 Å². The molecule has 0 saturated carbocycles. The predicted molar refractivity (Wildman–Crippen MR) is 70.5 cm³/mol. The molecule has 0 radical (unpaired) electrons. The van der Waals surface area contributed by atoms with Crippen LogP contribution in [0, 0.1) is 6.92 Å². The van der Waals surface area contributed by atoms with Crippen LogP contribution in [0.25, 0.3) is 0 Å². The SMILES string of the molecule is CC.CC.Cc1ccc2c(c1)N=CCN2. The van der Waals surface area contributed by atoms with E-state index in [9.17, 15) is 0 Å². The third-order valence-corrected chi connectivity index (χ3v) is 1.77. The fourth-order valence-corrected chi connectivity index (χ4v) is 1.20. The summed E-state index contributed by atoms with van der Waals surface area (Å²) in [6.45, 7) is 10.9. The van der Waals surface area contributed by atoms with Crippen molar-refractivity contribution in [2.75, 3.05) is 11.9 Å². The van der Waals surface area contributed by atoms with Gasteiger partial charge in [0.15, 0.2) is 0 Å². The van der Waals surface area contributed by atoms with Gasteiger partial charge in [0, 0.05) is 6.21 Å². The fraction of sp³-hybridized carbons (Fsp3) is 0.462. The van der Waals surface area contributed by atoms with E-state index in [0.717, 1.165) is 17.9 Å². The maximum Gasteiger partial charge on any atom is 0.0860 e. The summed E-state index contributed by atoms with van der Waals surface area (Å²) in [5.74, 6) is 0. The number of hydrogen-bond donors (Lipinski definition) is 1. The third-order valence-electron chi connectivity index (χ3n) is 1.77. The number of nitrogens with zero attached hydrogens (tertiary/aromatic N) is 1. The Morgan fingerprint density at radius 1 is 1.13 bits per heavy atom. The van der Waals surface area contributed by atoms with Crippen molar-refractivity contribution >= 4 is 17.6 Å². The first kappa shape index (κ1) is 13.7. The Morgan fingerprint density at radius 3 is 2.47 bits per heavy atom. The summed E-state index contributed by atoms with van der Waals surface area (Å²) in [7, 11) is 0. The highest BCUT2D eigenvalue weighted by molar-refractivity contribution is 5.80. The molecule has 1 heterocycles. The van der Waals surface area contributed by atoms with Crippen LogP contribution in [0.1, 0.15) is 33.3 Å². The molecule has 1 aliphatic heterocycles. The fourth-order valence-electron chi connectivity index (χ4n) is 1.20. The summed E-state index contributed by atoms with van der Waals surface area (Å²) in [6.07, 6.45) is 1.89. The number of benzene rings is 1. The second kappa shape index (κ2) is 8.04. The van der Waals surface area contributed by atoms with Gasteiger partial charge in [-0.3, -0.25) is 4.99 Å². The third kappa shape index (κ3) is 4.15. The molecule has 1 aromatic carbocycles. The smallest absolute Gasteiger partial charge is 0.0860 e. The van der Waals surface area contributed by atoms with Crippen LogP contribution in [0.5, 0.6) is 0 Å².